The van der Waals surface area contributed by atoms with E-state index in [1.54, 1.807) is 11.0 Å². The topological polar surface area (TPSA) is 49.6 Å². The summed E-state index contributed by atoms with van der Waals surface area (Å²) in [5, 5.41) is 4.05. The third kappa shape index (κ3) is 5.58. The van der Waals surface area contributed by atoms with E-state index in [0.717, 1.165) is 50.0 Å². The van der Waals surface area contributed by atoms with Crippen LogP contribution in [0, 0.1) is 11.7 Å². The van der Waals surface area contributed by atoms with Gasteiger partial charge in [0.15, 0.2) is 0 Å². The largest absolute Gasteiger partial charge is 0.350 e. The van der Waals surface area contributed by atoms with E-state index in [0.29, 0.717) is 18.2 Å². The van der Waals surface area contributed by atoms with Crippen LogP contribution in [0.1, 0.15) is 29.0 Å². The van der Waals surface area contributed by atoms with E-state index in [2.05, 4.69) is 10.1 Å². The third-order valence-corrected chi connectivity index (χ3v) is 5.90. The van der Waals surface area contributed by atoms with Gasteiger partial charge in [0.1, 0.15) is 11.5 Å². The number of hydrogen-bond donors (Lipinski definition) is 0. The van der Waals surface area contributed by atoms with Gasteiger partial charge in [0, 0.05) is 38.3 Å². The first-order valence-corrected chi connectivity index (χ1v) is 10.8. The van der Waals surface area contributed by atoms with Gasteiger partial charge in [0.05, 0.1) is 0 Å². The SMILES string of the molecule is CN(C[C@H]1CCCN(CCc2ccc(F)cc2)C1)C(=O)c1cc(-c2ccccc2)no1. The first-order valence-electron chi connectivity index (χ1n) is 10.8. The summed E-state index contributed by atoms with van der Waals surface area (Å²) < 4.78 is 18.4. The highest BCUT2D eigenvalue weighted by Gasteiger charge is 2.25. The second-order valence-electron chi connectivity index (χ2n) is 8.31. The van der Waals surface area contributed by atoms with Gasteiger partial charge >= 0.3 is 0 Å². The summed E-state index contributed by atoms with van der Waals surface area (Å²) in [4.78, 5) is 17.0. The maximum atomic E-state index is 13.1. The number of rotatable bonds is 7. The molecular formula is C25H28FN3O2. The Hall–Kier alpha value is -2.99. The van der Waals surface area contributed by atoms with Crippen LogP contribution < -0.4 is 0 Å². The summed E-state index contributed by atoms with van der Waals surface area (Å²) in [5.41, 5.74) is 2.74. The minimum absolute atomic E-state index is 0.141. The number of aromatic nitrogens is 1. The number of hydrogen-bond acceptors (Lipinski definition) is 4. The van der Waals surface area contributed by atoms with Gasteiger partial charge in [-0.05, 0) is 49.4 Å². The summed E-state index contributed by atoms with van der Waals surface area (Å²) in [6.07, 6.45) is 3.13. The predicted molar refractivity (Wildman–Crippen MR) is 118 cm³/mol. The Kier molecular flexibility index (Phi) is 6.77. The van der Waals surface area contributed by atoms with Crippen molar-refractivity contribution in [1.29, 1.82) is 0 Å². The molecule has 1 aromatic heterocycles. The van der Waals surface area contributed by atoms with E-state index >= 15 is 0 Å². The molecule has 0 radical (unpaired) electrons. The van der Waals surface area contributed by atoms with Gasteiger partial charge in [-0.1, -0.05) is 47.6 Å². The molecule has 1 amide bonds. The molecule has 1 atom stereocenters. The van der Waals surface area contributed by atoms with Crippen LogP contribution in [0.25, 0.3) is 11.3 Å². The van der Waals surface area contributed by atoms with Crippen LogP contribution in [0.3, 0.4) is 0 Å². The molecule has 162 valence electrons. The molecule has 31 heavy (non-hydrogen) atoms. The number of carbonyl (C=O) groups excluding carboxylic acids is 1. The first kappa shape index (κ1) is 21.2. The molecule has 1 saturated heterocycles. The van der Waals surface area contributed by atoms with Crippen molar-refractivity contribution in [2.24, 2.45) is 5.92 Å². The molecule has 0 spiro atoms. The Morgan fingerprint density at radius 2 is 1.97 bits per heavy atom. The van der Waals surface area contributed by atoms with Gasteiger partial charge in [-0.2, -0.15) is 0 Å². The lowest BCUT2D eigenvalue weighted by molar-refractivity contribution is 0.0690. The van der Waals surface area contributed by atoms with Crippen molar-refractivity contribution in [3.05, 3.63) is 77.8 Å². The van der Waals surface area contributed by atoms with Gasteiger partial charge in [-0.3, -0.25) is 4.79 Å². The minimum Gasteiger partial charge on any atom is -0.350 e. The Morgan fingerprint density at radius 1 is 1.19 bits per heavy atom. The molecule has 6 heteroatoms. The van der Waals surface area contributed by atoms with E-state index in [9.17, 15) is 9.18 Å². The molecule has 0 unspecified atom stereocenters. The maximum absolute atomic E-state index is 13.1. The minimum atomic E-state index is -0.197. The van der Waals surface area contributed by atoms with Crippen molar-refractivity contribution < 1.29 is 13.7 Å². The molecule has 2 heterocycles. The lowest BCUT2D eigenvalue weighted by Gasteiger charge is -2.34. The highest BCUT2D eigenvalue weighted by molar-refractivity contribution is 5.92. The molecule has 2 aromatic carbocycles. The Labute approximate surface area is 182 Å². The number of halogens is 1. The fourth-order valence-corrected chi connectivity index (χ4v) is 4.22. The third-order valence-electron chi connectivity index (χ3n) is 5.90. The number of benzene rings is 2. The molecule has 0 N–H and O–H groups in total. The van der Waals surface area contributed by atoms with Crippen LogP contribution in [-0.2, 0) is 6.42 Å². The maximum Gasteiger partial charge on any atom is 0.292 e. The van der Waals surface area contributed by atoms with E-state index in [-0.39, 0.29) is 17.5 Å². The molecule has 4 rings (SSSR count). The second kappa shape index (κ2) is 9.88. The summed E-state index contributed by atoms with van der Waals surface area (Å²) in [7, 11) is 1.82. The summed E-state index contributed by atoms with van der Waals surface area (Å²) in [6, 6.07) is 18.1. The predicted octanol–water partition coefficient (Wildman–Crippen LogP) is 4.51. The molecule has 3 aromatic rings. The normalized spacial score (nSPS) is 16.9. The Morgan fingerprint density at radius 3 is 2.74 bits per heavy atom. The molecule has 1 aliphatic heterocycles. The smallest absolute Gasteiger partial charge is 0.292 e. The molecule has 1 fully saturated rings. The average molecular weight is 422 g/mol. The number of amides is 1. The highest BCUT2D eigenvalue weighted by Crippen LogP contribution is 2.21. The lowest BCUT2D eigenvalue weighted by Crippen LogP contribution is -2.42. The van der Waals surface area contributed by atoms with Crippen molar-refractivity contribution >= 4 is 5.91 Å². The second-order valence-corrected chi connectivity index (χ2v) is 8.31. The van der Waals surface area contributed by atoms with Gasteiger partial charge < -0.3 is 14.3 Å². The molecule has 5 nitrogen and oxygen atoms in total. The highest BCUT2D eigenvalue weighted by atomic mass is 19.1. The van der Waals surface area contributed by atoms with Crippen molar-refractivity contribution in [1.82, 2.24) is 15.0 Å². The van der Waals surface area contributed by atoms with Gasteiger partial charge in [0.25, 0.3) is 5.91 Å². The van der Waals surface area contributed by atoms with Crippen LogP contribution in [-0.4, -0.2) is 54.1 Å². The zero-order valence-electron chi connectivity index (χ0n) is 17.8. The first-order chi connectivity index (χ1) is 15.1. The van der Waals surface area contributed by atoms with Crippen molar-refractivity contribution in [2.75, 3.05) is 33.2 Å². The van der Waals surface area contributed by atoms with Crippen LogP contribution in [0.4, 0.5) is 4.39 Å². The van der Waals surface area contributed by atoms with Crippen LogP contribution >= 0.6 is 0 Å². The number of piperidine rings is 1. The van der Waals surface area contributed by atoms with Crippen molar-refractivity contribution in [3.8, 4) is 11.3 Å². The molecule has 0 bridgehead atoms. The van der Waals surface area contributed by atoms with Crippen molar-refractivity contribution in [3.63, 3.8) is 0 Å². The van der Waals surface area contributed by atoms with E-state index in [1.165, 1.54) is 12.1 Å². The summed E-state index contributed by atoms with van der Waals surface area (Å²) in [5.74, 6) is 0.355. The molecule has 0 aliphatic carbocycles. The van der Waals surface area contributed by atoms with Crippen molar-refractivity contribution in [2.45, 2.75) is 19.3 Å². The standard InChI is InChI=1S/C25H28FN3O2/c1-28(25(30)24-16-23(27-31-24)21-7-3-2-4-8-21)17-20-6-5-14-29(18-20)15-13-19-9-11-22(26)12-10-19/h2-4,7-12,16,20H,5-6,13-15,17-18H2,1H3/t20-/m1/s1. The molecule has 0 saturated carbocycles. The van der Waals surface area contributed by atoms with Crippen LogP contribution in [0.15, 0.2) is 65.2 Å². The summed E-state index contributed by atoms with van der Waals surface area (Å²) in [6.45, 7) is 3.66. The fourth-order valence-electron chi connectivity index (χ4n) is 4.22. The van der Waals surface area contributed by atoms with Gasteiger partial charge in [0.2, 0.25) is 5.76 Å². The van der Waals surface area contributed by atoms with Crippen LogP contribution in [0.5, 0.6) is 0 Å². The monoisotopic (exact) mass is 421 g/mol. The summed E-state index contributed by atoms with van der Waals surface area (Å²) >= 11 is 0. The number of carbonyl (C=O) groups is 1. The van der Waals surface area contributed by atoms with Gasteiger partial charge in [-0.25, -0.2) is 4.39 Å². The quantitative estimate of drug-likeness (QED) is 0.563. The zero-order chi connectivity index (χ0) is 21.6. The van der Waals surface area contributed by atoms with Crippen LogP contribution in [0.2, 0.25) is 0 Å². The number of nitrogens with zero attached hydrogens (tertiary/aromatic N) is 3. The Balaban J connectivity index is 1.29. The van der Waals surface area contributed by atoms with E-state index < -0.39 is 0 Å². The fraction of sp³-hybridized carbons (Fsp3) is 0.360. The average Bonchev–Trinajstić information content (AvgIpc) is 3.29. The lowest BCUT2D eigenvalue weighted by atomic mass is 9.97. The molecular weight excluding hydrogens is 393 g/mol. The molecule has 1 aliphatic rings. The van der Waals surface area contributed by atoms with E-state index in [4.69, 9.17) is 4.52 Å². The zero-order valence-corrected chi connectivity index (χ0v) is 17.8. The Bertz CT molecular complexity index is 988. The van der Waals surface area contributed by atoms with Gasteiger partial charge in [-0.15, -0.1) is 0 Å². The van der Waals surface area contributed by atoms with E-state index in [1.807, 2.05) is 49.5 Å². The number of likely N-dealkylation sites (tertiary alicyclic amines) is 1.